The second-order valence-corrected chi connectivity index (χ2v) is 4.54. The third-order valence-electron chi connectivity index (χ3n) is 3.26. The average Bonchev–Trinajstić information content (AvgIpc) is 2.91. The van der Waals surface area contributed by atoms with Gasteiger partial charge in [-0.3, -0.25) is 9.69 Å². The van der Waals surface area contributed by atoms with Gasteiger partial charge in [-0.2, -0.15) is 0 Å². The van der Waals surface area contributed by atoms with E-state index in [-0.39, 0.29) is 18.5 Å². The number of urea groups is 1. The van der Waals surface area contributed by atoms with Gasteiger partial charge in [-0.15, -0.1) is 0 Å². The number of carbonyl (C=O) groups is 2. The zero-order valence-corrected chi connectivity index (χ0v) is 10.8. The standard InChI is InChI=1S/C15H14N2O3/c18-14(17-9-8-16-15(17)19)10-20-13-7-3-5-11-4-1-2-6-12(11)13/h1-7H,8-10H2,(H,16,19). The number of amides is 3. The van der Waals surface area contributed by atoms with Gasteiger partial charge in [0.05, 0.1) is 0 Å². The van der Waals surface area contributed by atoms with Crippen LogP contribution >= 0.6 is 0 Å². The van der Waals surface area contributed by atoms with Gasteiger partial charge < -0.3 is 10.1 Å². The molecule has 1 fully saturated rings. The molecule has 0 bridgehead atoms. The molecule has 1 saturated heterocycles. The molecule has 1 aliphatic heterocycles. The van der Waals surface area contributed by atoms with Crippen molar-refractivity contribution >= 4 is 22.7 Å². The van der Waals surface area contributed by atoms with E-state index in [4.69, 9.17) is 4.74 Å². The number of nitrogens with zero attached hydrogens (tertiary/aromatic N) is 1. The molecule has 1 heterocycles. The lowest BCUT2D eigenvalue weighted by Gasteiger charge is -2.13. The number of ether oxygens (including phenoxy) is 1. The molecule has 0 radical (unpaired) electrons. The molecule has 0 atom stereocenters. The van der Waals surface area contributed by atoms with Crippen molar-refractivity contribution in [3.05, 3.63) is 42.5 Å². The Balaban J connectivity index is 1.74. The molecule has 2 aromatic rings. The summed E-state index contributed by atoms with van der Waals surface area (Å²) in [6, 6.07) is 13.1. The van der Waals surface area contributed by atoms with Crippen molar-refractivity contribution in [1.29, 1.82) is 0 Å². The van der Waals surface area contributed by atoms with Crippen LogP contribution in [0.1, 0.15) is 0 Å². The fraction of sp³-hybridized carbons (Fsp3) is 0.200. The Morgan fingerprint density at radius 1 is 1.20 bits per heavy atom. The van der Waals surface area contributed by atoms with Crippen LogP contribution in [0.3, 0.4) is 0 Å². The number of fused-ring (bicyclic) bond motifs is 1. The molecule has 20 heavy (non-hydrogen) atoms. The van der Waals surface area contributed by atoms with Crippen molar-refractivity contribution in [2.75, 3.05) is 19.7 Å². The number of benzene rings is 2. The summed E-state index contributed by atoms with van der Waals surface area (Å²) >= 11 is 0. The van der Waals surface area contributed by atoms with Crippen LogP contribution in [0.25, 0.3) is 10.8 Å². The molecule has 0 saturated carbocycles. The first kappa shape index (κ1) is 12.5. The van der Waals surface area contributed by atoms with Gasteiger partial charge in [0.15, 0.2) is 6.61 Å². The highest BCUT2D eigenvalue weighted by molar-refractivity contribution is 5.96. The maximum absolute atomic E-state index is 11.9. The molecule has 5 nitrogen and oxygen atoms in total. The monoisotopic (exact) mass is 270 g/mol. The lowest BCUT2D eigenvalue weighted by Crippen LogP contribution is -2.37. The molecular formula is C15H14N2O3. The Kier molecular flexibility index (Phi) is 3.25. The first-order chi connectivity index (χ1) is 9.75. The van der Waals surface area contributed by atoms with Gasteiger partial charge in [0, 0.05) is 18.5 Å². The molecule has 3 rings (SSSR count). The van der Waals surface area contributed by atoms with Gasteiger partial charge in [0.2, 0.25) is 0 Å². The Morgan fingerprint density at radius 2 is 2.00 bits per heavy atom. The molecule has 5 heteroatoms. The lowest BCUT2D eigenvalue weighted by molar-refractivity contribution is -0.129. The maximum atomic E-state index is 11.9. The van der Waals surface area contributed by atoms with Crippen LogP contribution in [0, 0.1) is 0 Å². The Morgan fingerprint density at radius 3 is 2.80 bits per heavy atom. The predicted octanol–water partition coefficient (Wildman–Crippen LogP) is 1.77. The smallest absolute Gasteiger partial charge is 0.324 e. The summed E-state index contributed by atoms with van der Waals surface area (Å²) in [7, 11) is 0. The van der Waals surface area contributed by atoms with Crippen molar-refractivity contribution in [2.45, 2.75) is 0 Å². The second kappa shape index (κ2) is 5.21. The van der Waals surface area contributed by atoms with Crippen molar-refractivity contribution < 1.29 is 14.3 Å². The van der Waals surface area contributed by atoms with E-state index in [1.165, 1.54) is 4.90 Å². The quantitative estimate of drug-likeness (QED) is 0.924. The van der Waals surface area contributed by atoms with Crippen molar-refractivity contribution in [1.82, 2.24) is 10.2 Å². The number of imide groups is 1. The third-order valence-corrected chi connectivity index (χ3v) is 3.26. The van der Waals surface area contributed by atoms with Crippen LogP contribution in [0.4, 0.5) is 4.79 Å². The highest BCUT2D eigenvalue weighted by Crippen LogP contribution is 2.25. The first-order valence-corrected chi connectivity index (χ1v) is 6.44. The van der Waals surface area contributed by atoms with Crippen LogP contribution in [-0.4, -0.2) is 36.5 Å². The van der Waals surface area contributed by atoms with Gasteiger partial charge >= 0.3 is 6.03 Å². The number of nitrogens with one attached hydrogen (secondary N) is 1. The summed E-state index contributed by atoms with van der Waals surface area (Å²) in [5.41, 5.74) is 0. The molecule has 102 valence electrons. The topological polar surface area (TPSA) is 58.6 Å². The zero-order chi connectivity index (χ0) is 13.9. The van der Waals surface area contributed by atoms with Gasteiger partial charge in [-0.05, 0) is 11.5 Å². The molecule has 0 spiro atoms. The average molecular weight is 270 g/mol. The fourth-order valence-electron chi connectivity index (χ4n) is 2.25. The predicted molar refractivity (Wildman–Crippen MR) is 74.6 cm³/mol. The van der Waals surface area contributed by atoms with Crippen molar-refractivity contribution in [3.63, 3.8) is 0 Å². The van der Waals surface area contributed by atoms with Gasteiger partial charge in [0.1, 0.15) is 5.75 Å². The molecule has 3 amide bonds. The Labute approximate surface area is 116 Å². The van der Waals surface area contributed by atoms with E-state index >= 15 is 0 Å². The number of hydrogen-bond acceptors (Lipinski definition) is 3. The van der Waals surface area contributed by atoms with E-state index in [1.54, 1.807) is 0 Å². The minimum atomic E-state index is -0.350. The lowest BCUT2D eigenvalue weighted by atomic mass is 10.1. The number of hydrogen-bond donors (Lipinski definition) is 1. The van der Waals surface area contributed by atoms with Gasteiger partial charge in [0.25, 0.3) is 5.91 Å². The summed E-state index contributed by atoms with van der Waals surface area (Å²) in [5, 5.41) is 4.59. The summed E-state index contributed by atoms with van der Waals surface area (Å²) < 4.78 is 5.57. The van der Waals surface area contributed by atoms with E-state index in [1.807, 2.05) is 42.5 Å². The highest BCUT2D eigenvalue weighted by Gasteiger charge is 2.26. The third kappa shape index (κ3) is 2.30. The SMILES string of the molecule is O=C(COc1cccc2ccccc12)N1CCNC1=O. The fourth-order valence-corrected chi connectivity index (χ4v) is 2.25. The van der Waals surface area contributed by atoms with E-state index < -0.39 is 0 Å². The van der Waals surface area contributed by atoms with Crippen LogP contribution < -0.4 is 10.1 Å². The Bertz CT molecular complexity index is 664. The van der Waals surface area contributed by atoms with Crippen LogP contribution in [0.5, 0.6) is 5.75 Å². The van der Waals surface area contributed by atoms with E-state index in [0.29, 0.717) is 18.8 Å². The van der Waals surface area contributed by atoms with Gasteiger partial charge in [-0.25, -0.2) is 4.79 Å². The molecule has 1 aliphatic rings. The second-order valence-electron chi connectivity index (χ2n) is 4.54. The largest absolute Gasteiger partial charge is 0.483 e. The maximum Gasteiger partial charge on any atom is 0.324 e. The molecule has 0 aliphatic carbocycles. The Hall–Kier alpha value is -2.56. The number of carbonyl (C=O) groups excluding carboxylic acids is 2. The molecule has 2 aromatic carbocycles. The van der Waals surface area contributed by atoms with Crippen molar-refractivity contribution in [3.8, 4) is 5.75 Å². The molecule has 0 aromatic heterocycles. The summed E-state index contributed by atoms with van der Waals surface area (Å²) in [5.74, 6) is 0.323. The van der Waals surface area contributed by atoms with Crippen LogP contribution in [-0.2, 0) is 4.79 Å². The normalized spacial score (nSPS) is 14.4. The van der Waals surface area contributed by atoms with Crippen LogP contribution in [0.2, 0.25) is 0 Å². The summed E-state index contributed by atoms with van der Waals surface area (Å²) in [6.07, 6.45) is 0. The van der Waals surface area contributed by atoms with Gasteiger partial charge in [-0.1, -0.05) is 36.4 Å². The summed E-state index contributed by atoms with van der Waals surface area (Å²) in [4.78, 5) is 24.5. The molecular weight excluding hydrogens is 256 g/mol. The van der Waals surface area contributed by atoms with E-state index in [2.05, 4.69) is 5.32 Å². The van der Waals surface area contributed by atoms with Crippen molar-refractivity contribution in [2.24, 2.45) is 0 Å². The van der Waals surface area contributed by atoms with E-state index in [0.717, 1.165) is 10.8 Å². The van der Waals surface area contributed by atoms with Crippen LogP contribution in [0.15, 0.2) is 42.5 Å². The molecule has 0 unspecified atom stereocenters. The minimum absolute atomic E-state index is 0.137. The zero-order valence-electron chi connectivity index (χ0n) is 10.8. The minimum Gasteiger partial charge on any atom is -0.483 e. The highest BCUT2D eigenvalue weighted by atomic mass is 16.5. The molecule has 1 N–H and O–H groups in total. The summed E-state index contributed by atoms with van der Waals surface area (Å²) in [6.45, 7) is 0.761. The van der Waals surface area contributed by atoms with E-state index in [9.17, 15) is 9.59 Å². The first-order valence-electron chi connectivity index (χ1n) is 6.44. The number of rotatable bonds is 3.